The summed E-state index contributed by atoms with van der Waals surface area (Å²) in [6, 6.07) is 7.30. The van der Waals surface area contributed by atoms with E-state index in [2.05, 4.69) is 14.6 Å². The smallest absolute Gasteiger partial charge is 0.296 e. The molecule has 2 N–H and O–H groups in total. The Morgan fingerprint density at radius 1 is 1.37 bits per heavy atom. The van der Waals surface area contributed by atoms with Crippen molar-refractivity contribution in [2.45, 2.75) is 11.5 Å². The summed E-state index contributed by atoms with van der Waals surface area (Å²) in [5.74, 6) is 0. The van der Waals surface area contributed by atoms with Gasteiger partial charge in [0.15, 0.2) is 0 Å². The van der Waals surface area contributed by atoms with E-state index in [1.54, 1.807) is 25.4 Å². The zero-order chi connectivity index (χ0) is 13.9. The third-order valence-electron chi connectivity index (χ3n) is 2.49. The van der Waals surface area contributed by atoms with Crippen molar-refractivity contribution in [3.8, 4) is 5.19 Å². The van der Waals surface area contributed by atoms with E-state index in [9.17, 15) is 4.21 Å². The van der Waals surface area contributed by atoms with Crippen LogP contribution in [0.4, 0.5) is 5.13 Å². The standard InChI is InChI=1S/C11H14N4O2S2/c1-13-19(2,16)9-5-3-8(4-6-9)7-17-11-15-14-10(12)18-11/h3-6H,7H2,1-2H3,(H2,12,14). The van der Waals surface area contributed by atoms with Gasteiger partial charge in [0.1, 0.15) is 6.61 Å². The lowest BCUT2D eigenvalue weighted by Crippen LogP contribution is -1.99. The third kappa shape index (κ3) is 3.42. The number of hydrogen-bond donors (Lipinski definition) is 1. The lowest BCUT2D eigenvalue weighted by Gasteiger charge is -2.05. The Morgan fingerprint density at radius 3 is 2.58 bits per heavy atom. The summed E-state index contributed by atoms with van der Waals surface area (Å²) in [7, 11) is -0.727. The van der Waals surface area contributed by atoms with Crippen molar-refractivity contribution >= 4 is 26.2 Å². The Kier molecular flexibility index (Phi) is 4.01. The summed E-state index contributed by atoms with van der Waals surface area (Å²) in [4.78, 5) is 0.707. The molecule has 102 valence electrons. The van der Waals surface area contributed by atoms with Gasteiger partial charge >= 0.3 is 0 Å². The molecule has 19 heavy (non-hydrogen) atoms. The molecule has 8 heteroatoms. The van der Waals surface area contributed by atoms with Crippen molar-refractivity contribution in [3.63, 3.8) is 0 Å². The maximum atomic E-state index is 12.0. The minimum Gasteiger partial charge on any atom is -0.464 e. The topological polar surface area (TPSA) is 90.5 Å². The number of nitrogens with two attached hydrogens (primary N) is 1. The molecule has 6 nitrogen and oxygen atoms in total. The van der Waals surface area contributed by atoms with Gasteiger partial charge in [0.25, 0.3) is 5.19 Å². The fourth-order valence-corrected chi connectivity index (χ4v) is 2.68. The molecule has 0 bridgehead atoms. The van der Waals surface area contributed by atoms with Crippen molar-refractivity contribution in [2.24, 2.45) is 4.36 Å². The quantitative estimate of drug-likeness (QED) is 0.929. The van der Waals surface area contributed by atoms with Gasteiger partial charge in [-0.3, -0.25) is 0 Å². The van der Waals surface area contributed by atoms with Crippen LogP contribution in [0.25, 0.3) is 0 Å². The van der Waals surface area contributed by atoms with E-state index in [0.29, 0.717) is 21.8 Å². The molecule has 1 atom stereocenters. The summed E-state index contributed by atoms with van der Waals surface area (Å²) in [6.07, 6.45) is 1.61. The highest BCUT2D eigenvalue weighted by Gasteiger charge is 2.06. The molecule has 0 aliphatic rings. The van der Waals surface area contributed by atoms with Gasteiger partial charge in [-0.2, -0.15) is 0 Å². The zero-order valence-corrected chi connectivity index (χ0v) is 12.2. The minimum atomic E-state index is -2.28. The van der Waals surface area contributed by atoms with Crippen LogP contribution in [0.3, 0.4) is 0 Å². The number of anilines is 1. The minimum absolute atomic E-state index is 0.364. The molecule has 0 fully saturated rings. The van der Waals surface area contributed by atoms with Gasteiger partial charge in [-0.25, -0.2) is 8.57 Å². The van der Waals surface area contributed by atoms with E-state index < -0.39 is 9.73 Å². The highest BCUT2D eigenvalue weighted by atomic mass is 32.2. The van der Waals surface area contributed by atoms with Crippen LogP contribution >= 0.6 is 11.3 Å². The molecule has 1 unspecified atom stereocenters. The average molecular weight is 298 g/mol. The Bertz CT molecular complexity index is 672. The molecule has 0 aliphatic carbocycles. The van der Waals surface area contributed by atoms with Crippen LogP contribution in [0.5, 0.6) is 5.19 Å². The van der Waals surface area contributed by atoms with E-state index in [1.165, 1.54) is 11.3 Å². The maximum Gasteiger partial charge on any atom is 0.296 e. The first-order valence-corrected chi connectivity index (χ1v) is 8.16. The van der Waals surface area contributed by atoms with Crippen molar-refractivity contribution in [1.82, 2.24) is 10.2 Å². The van der Waals surface area contributed by atoms with Gasteiger partial charge in [-0.1, -0.05) is 17.2 Å². The van der Waals surface area contributed by atoms with Crippen LogP contribution in [0.2, 0.25) is 0 Å². The van der Waals surface area contributed by atoms with Crippen molar-refractivity contribution in [2.75, 3.05) is 19.0 Å². The molecule has 0 aliphatic heterocycles. The second-order valence-corrected chi connectivity index (χ2v) is 7.24. The fraction of sp³-hybridized carbons (Fsp3) is 0.273. The van der Waals surface area contributed by atoms with E-state index >= 15 is 0 Å². The molecular weight excluding hydrogens is 284 g/mol. The Morgan fingerprint density at radius 2 is 2.05 bits per heavy atom. The maximum absolute atomic E-state index is 12.0. The van der Waals surface area contributed by atoms with Crippen molar-refractivity contribution in [1.29, 1.82) is 0 Å². The lowest BCUT2D eigenvalue weighted by atomic mass is 10.2. The first-order chi connectivity index (χ1) is 9.01. The SMILES string of the molecule is CN=S(C)(=O)c1ccc(COc2nnc(N)s2)cc1. The molecule has 1 aromatic heterocycles. The van der Waals surface area contributed by atoms with Crippen LogP contribution < -0.4 is 10.5 Å². The van der Waals surface area contributed by atoms with Gasteiger partial charge in [0.2, 0.25) is 5.13 Å². The summed E-state index contributed by atoms with van der Waals surface area (Å²) >= 11 is 1.19. The van der Waals surface area contributed by atoms with Gasteiger partial charge in [0.05, 0.1) is 9.73 Å². The number of hydrogen-bond acceptors (Lipinski definition) is 7. The van der Waals surface area contributed by atoms with Gasteiger partial charge in [0, 0.05) is 18.2 Å². The molecule has 1 heterocycles. The Balaban J connectivity index is 2.05. The van der Waals surface area contributed by atoms with Crippen LogP contribution in [-0.4, -0.2) is 27.7 Å². The van der Waals surface area contributed by atoms with E-state index in [4.69, 9.17) is 10.5 Å². The lowest BCUT2D eigenvalue weighted by molar-refractivity contribution is 0.302. The predicted molar refractivity (Wildman–Crippen MR) is 75.8 cm³/mol. The van der Waals surface area contributed by atoms with Crippen molar-refractivity contribution < 1.29 is 8.95 Å². The molecule has 0 saturated heterocycles. The molecule has 0 amide bonds. The van der Waals surface area contributed by atoms with Gasteiger partial charge in [-0.05, 0) is 29.0 Å². The molecule has 0 spiro atoms. The first kappa shape index (κ1) is 13.8. The normalized spacial score (nSPS) is 13.8. The summed E-state index contributed by atoms with van der Waals surface area (Å²) in [6.45, 7) is 0.364. The molecule has 1 aromatic carbocycles. The largest absolute Gasteiger partial charge is 0.464 e. The Hall–Kier alpha value is -1.67. The van der Waals surface area contributed by atoms with Gasteiger partial charge in [-0.15, -0.1) is 5.10 Å². The summed E-state index contributed by atoms with van der Waals surface area (Å²) < 4.78 is 21.3. The second kappa shape index (κ2) is 5.54. The molecule has 2 rings (SSSR count). The number of nitrogen functional groups attached to an aromatic ring is 1. The van der Waals surface area contributed by atoms with Crippen LogP contribution in [0, 0.1) is 0 Å². The van der Waals surface area contributed by atoms with Gasteiger partial charge < -0.3 is 10.5 Å². The van der Waals surface area contributed by atoms with Crippen LogP contribution in [0.1, 0.15) is 5.56 Å². The average Bonchev–Trinajstić information content (AvgIpc) is 2.83. The third-order valence-corrected chi connectivity index (χ3v) is 5.00. The second-order valence-electron chi connectivity index (χ2n) is 3.82. The van der Waals surface area contributed by atoms with Crippen LogP contribution in [-0.2, 0) is 16.3 Å². The summed E-state index contributed by atoms with van der Waals surface area (Å²) in [5, 5.41) is 8.23. The monoisotopic (exact) mass is 298 g/mol. The van der Waals surface area contributed by atoms with Crippen LogP contribution in [0.15, 0.2) is 33.5 Å². The molecule has 2 aromatic rings. The number of ether oxygens (including phenoxy) is 1. The number of benzene rings is 1. The molecular formula is C11H14N4O2S2. The molecule has 0 radical (unpaired) electrons. The van der Waals surface area contributed by atoms with E-state index in [1.807, 2.05) is 12.1 Å². The predicted octanol–water partition coefficient (Wildman–Crippen LogP) is 1.79. The number of rotatable bonds is 4. The zero-order valence-electron chi connectivity index (χ0n) is 10.6. The number of nitrogens with zero attached hydrogens (tertiary/aromatic N) is 3. The highest BCUT2D eigenvalue weighted by Crippen LogP contribution is 2.20. The van der Waals surface area contributed by atoms with E-state index in [-0.39, 0.29) is 0 Å². The van der Waals surface area contributed by atoms with E-state index in [0.717, 1.165) is 5.56 Å². The number of aromatic nitrogens is 2. The Labute approximate surface area is 115 Å². The first-order valence-electron chi connectivity index (χ1n) is 5.42. The summed E-state index contributed by atoms with van der Waals surface area (Å²) in [5.41, 5.74) is 6.40. The van der Waals surface area contributed by atoms with Crippen molar-refractivity contribution in [3.05, 3.63) is 29.8 Å². The fourth-order valence-electron chi connectivity index (χ4n) is 1.37. The highest BCUT2D eigenvalue weighted by molar-refractivity contribution is 7.93. The molecule has 0 saturated carbocycles.